The summed E-state index contributed by atoms with van der Waals surface area (Å²) >= 11 is 1.58. The SMILES string of the molecule is C=C(CN(Cc1cccs1)C1CC1)[B-](F)(F)F.[K+]. The van der Waals surface area contributed by atoms with Gasteiger partial charge in [-0.1, -0.05) is 6.07 Å². The van der Waals surface area contributed by atoms with Gasteiger partial charge in [-0.2, -0.15) is 0 Å². The van der Waals surface area contributed by atoms with E-state index in [-0.39, 0.29) is 57.9 Å². The van der Waals surface area contributed by atoms with Gasteiger partial charge in [0, 0.05) is 17.5 Å². The van der Waals surface area contributed by atoms with E-state index in [0.29, 0.717) is 12.6 Å². The molecule has 1 fully saturated rings. The molecule has 0 atom stereocenters. The van der Waals surface area contributed by atoms with E-state index in [0.717, 1.165) is 17.7 Å². The molecule has 0 unspecified atom stereocenters. The van der Waals surface area contributed by atoms with Gasteiger partial charge in [0.2, 0.25) is 0 Å². The summed E-state index contributed by atoms with van der Waals surface area (Å²) < 4.78 is 37.5. The van der Waals surface area contributed by atoms with Crippen LogP contribution in [0.1, 0.15) is 17.7 Å². The second-order valence-corrected chi connectivity index (χ2v) is 5.48. The van der Waals surface area contributed by atoms with Gasteiger partial charge in [-0.15, -0.1) is 23.4 Å². The van der Waals surface area contributed by atoms with Gasteiger partial charge in [0.1, 0.15) is 0 Å². The Morgan fingerprint density at radius 3 is 2.56 bits per heavy atom. The van der Waals surface area contributed by atoms with Crippen LogP contribution in [0.5, 0.6) is 0 Å². The van der Waals surface area contributed by atoms with Crippen LogP contribution >= 0.6 is 11.3 Å². The largest absolute Gasteiger partial charge is 1.00 e. The van der Waals surface area contributed by atoms with E-state index in [2.05, 4.69) is 6.58 Å². The summed E-state index contributed by atoms with van der Waals surface area (Å²) in [5.41, 5.74) is -0.589. The summed E-state index contributed by atoms with van der Waals surface area (Å²) in [6, 6.07) is 4.20. The van der Waals surface area contributed by atoms with Crippen molar-refractivity contribution in [3.05, 3.63) is 34.4 Å². The molecule has 0 aliphatic heterocycles. The van der Waals surface area contributed by atoms with Gasteiger partial charge >= 0.3 is 58.4 Å². The number of thiophene rings is 1. The maximum Gasteiger partial charge on any atom is 1.00 e. The molecular formula is C11H14BF3KNS. The summed E-state index contributed by atoms with van der Waals surface area (Å²) in [4.78, 5) is 3.00. The third-order valence-corrected chi connectivity index (χ3v) is 3.73. The number of nitrogens with zero attached hydrogens (tertiary/aromatic N) is 1. The van der Waals surface area contributed by atoms with Gasteiger partial charge in [-0.25, -0.2) is 0 Å². The van der Waals surface area contributed by atoms with E-state index in [1.165, 1.54) is 0 Å². The fourth-order valence-electron chi connectivity index (χ4n) is 1.72. The second kappa shape index (κ2) is 7.06. The predicted molar refractivity (Wildman–Crippen MR) is 66.0 cm³/mol. The molecule has 0 saturated heterocycles. The van der Waals surface area contributed by atoms with Crippen LogP contribution < -0.4 is 51.4 Å². The minimum absolute atomic E-state index is 0. The molecule has 1 aliphatic carbocycles. The molecule has 1 aromatic heterocycles. The van der Waals surface area contributed by atoms with Gasteiger partial charge in [-0.05, 0) is 30.8 Å². The molecule has 2 rings (SSSR count). The first-order valence-corrected chi connectivity index (χ1v) is 6.49. The topological polar surface area (TPSA) is 3.24 Å². The summed E-state index contributed by atoms with van der Waals surface area (Å²) in [6.45, 7) is -1.18. The zero-order valence-corrected chi connectivity index (χ0v) is 14.4. The van der Waals surface area contributed by atoms with Crippen molar-refractivity contribution in [1.29, 1.82) is 0 Å². The number of hydrogen-bond donors (Lipinski definition) is 0. The molecule has 0 aromatic carbocycles. The Morgan fingerprint density at radius 2 is 2.11 bits per heavy atom. The van der Waals surface area contributed by atoms with Crippen molar-refractivity contribution in [2.45, 2.75) is 25.4 Å². The van der Waals surface area contributed by atoms with Crippen LogP contribution in [0, 0.1) is 0 Å². The van der Waals surface area contributed by atoms with E-state index in [4.69, 9.17) is 0 Å². The molecule has 0 amide bonds. The maximum absolute atomic E-state index is 12.5. The quantitative estimate of drug-likeness (QED) is 0.698. The fraction of sp³-hybridized carbons (Fsp3) is 0.455. The van der Waals surface area contributed by atoms with E-state index >= 15 is 0 Å². The minimum Gasteiger partial charge on any atom is -0.445 e. The molecule has 1 aliphatic rings. The minimum atomic E-state index is -4.91. The van der Waals surface area contributed by atoms with Gasteiger partial charge in [-0.3, -0.25) is 4.90 Å². The van der Waals surface area contributed by atoms with Crippen LogP contribution in [0.15, 0.2) is 29.6 Å². The molecular weight excluding hydrogens is 285 g/mol. The molecule has 7 heteroatoms. The Hall–Kier alpha value is 0.891. The van der Waals surface area contributed by atoms with Gasteiger partial charge in [0.15, 0.2) is 0 Å². The summed E-state index contributed by atoms with van der Waals surface area (Å²) in [7, 11) is 0. The smallest absolute Gasteiger partial charge is 0.445 e. The van der Waals surface area contributed by atoms with E-state index < -0.39 is 12.4 Å². The third kappa shape index (κ3) is 5.11. The van der Waals surface area contributed by atoms with Gasteiger partial charge in [0.25, 0.3) is 0 Å². The molecule has 0 N–H and O–H groups in total. The van der Waals surface area contributed by atoms with Crippen molar-refractivity contribution in [2.75, 3.05) is 6.54 Å². The molecule has 0 bridgehead atoms. The average Bonchev–Trinajstić information content (AvgIpc) is 2.95. The Kier molecular flexibility index (Phi) is 6.64. The Morgan fingerprint density at radius 1 is 1.44 bits per heavy atom. The summed E-state index contributed by atoms with van der Waals surface area (Å²) in [5.74, 6) is 0. The van der Waals surface area contributed by atoms with Gasteiger partial charge in [0.05, 0.1) is 0 Å². The first-order valence-electron chi connectivity index (χ1n) is 5.61. The van der Waals surface area contributed by atoms with Crippen molar-refractivity contribution < 1.29 is 64.3 Å². The standard InChI is InChI=1S/C11H14BF3NS.K/c1-9(12(13,14)15)7-16(10-4-5-10)8-11-3-2-6-17-11;/h2-3,6,10H,1,4-5,7-8H2;/q-1;+1. The van der Waals surface area contributed by atoms with Crippen LogP contribution in [-0.2, 0) is 6.54 Å². The first-order chi connectivity index (χ1) is 7.97. The maximum atomic E-state index is 12.5. The summed E-state index contributed by atoms with van der Waals surface area (Å²) in [5, 5.41) is 1.95. The normalized spacial score (nSPS) is 15.6. The predicted octanol–water partition coefficient (Wildman–Crippen LogP) is 0.659. The molecule has 1 nitrogen and oxygen atoms in total. The van der Waals surface area contributed by atoms with Crippen molar-refractivity contribution in [1.82, 2.24) is 4.90 Å². The van der Waals surface area contributed by atoms with Crippen molar-refractivity contribution in [3.63, 3.8) is 0 Å². The molecule has 0 radical (unpaired) electrons. The van der Waals surface area contributed by atoms with E-state index in [1.807, 2.05) is 22.4 Å². The molecule has 1 heterocycles. The molecule has 1 aromatic rings. The van der Waals surface area contributed by atoms with E-state index in [1.54, 1.807) is 11.3 Å². The van der Waals surface area contributed by atoms with Crippen molar-refractivity contribution >= 4 is 18.3 Å². The number of halogens is 3. The van der Waals surface area contributed by atoms with Crippen LogP contribution in [0.25, 0.3) is 0 Å². The average molecular weight is 299 g/mol. The molecule has 0 spiro atoms. The fourth-order valence-corrected chi connectivity index (χ4v) is 2.45. The first kappa shape index (κ1) is 16.9. The van der Waals surface area contributed by atoms with Crippen molar-refractivity contribution in [3.8, 4) is 0 Å². The Labute approximate surface area is 152 Å². The second-order valence-electron chi connectivity index (χ2n) is 4.45. The van der Waals surface area contributed by atoms with E-state index in [9.17, 15) is 12.9 Å². The van der Waals surface area contributed by atoms with Gasteiger partial charge < -0.3 is 12.9 Å². The van der Waals surface area contributed by atoms with Crippen LogP contribution in [0.2, 0.25) is 0 Å². The summed E-state index contributed by atoms with van der Waals surface area (Å²) in [6.07, 6.45) is 2.01. The molecule has 1 saturated carbocycles. The van der Waals surface area contributed by atoms with Crippen molar-refractivity contribution in [2.24, 2.45) is 0 Å². The van der Waals surface area contributed by atoms with Crippen LogP contribution in [0.4, 0.5) is 12.9 Å². The zero-order chi connectivity index (χ0) is 12.5. The number of rotatable bonds is 6. The Balaban J connectivity index is 0.00000162. The van der Waals surface area contributed by atoms with Crippen LogP contribution in [0.3, 0.4) is 0 Å². The zero-order valence-electron chi connectivity index (χ0n) is 10.4. The number of hydrogen-bond acceptors (Lipinski definition) is 2. The third-order valence-electron chi connectivity index (χ3n) is 2.87. The van der Waals surface area contributed by atoms with Crippen LogP contribution in [-0.4, -0.2) is 24.5 Å². The molecule has 94 valence electrons. The monoisotopic (exact) mass is 299 g/mol. The Bertz CT molecular complexity index is 389. The molecule has 18 heavy (non-hydrogen) atoms.